The van der Waals surface area contributed by atoms with Crippen molar-refractivity contribution in [2.45, 2.75) is 26.3 Å². The zero-order valence-corrected chi connectivity index (χ0v) is 15.2. The number of carbonyl (C=O) groups is 2. The fourth-order valence-electron chi connectivity index (χ4n) is 2.80. The average Bonchev–Trinajstić information content (AvgIpc) is 2.89. The number of ether oxygens (including phenoxy) is 1. The quantitative estimate of drug-likeness (QED) is 0.757. The SMILES string of the molecule is CC(C)CN(C(=O)COC(=O)c1cccc(O)c1)[C@H]1CCS(=O)(=O)C1. The summed E-state index contributed by atoms with van der Waals surface area (Å²) in [7, 11) is -3.12. The van der Waals surface area contributed by atoms with Gasteiger partial charge in [0.05, 0.1) is 17.1 Å². The third-order valence-electron chi connectivity index (χ3n) is 3.94. The minimum Gasteiger partial charge on any atom is -0.508 e. The first kappa shape index (κ1) is 19.2. The van der Waals surface area contributed by atoms with Crippen LogP contribution in [0.15, 0.2) is 24.3 Å². The first-order valence-electron chi connectivity index (χ1n) is 8.14. The molecule has 0 aliphatic carbocycles. The normalized spacial score (nSPS) is 18.9. The molecule has 0 aromatic heterocycles. The Morgan fingerprint density at radius 3 is 2.64 bits per heavy atom. The topological polar surface area (TPSA) is 101 Å². The van der Waals surface area contributed by atoms with Crippen molar-refractivity contribution in [1.29, 1.82) is 0 Å². The highest BCUT2D eigenvalue weighted by Crippen LogP contribution is 2.19. The van der Waals surface area contributed by atoms with Gasteiger partial charge in [-0.05, 0) is 30.5 Å². The second-order valence-corrected chi connectivity index (χ2v) is 8.85. The molecule has 0 saturated carbocycles. The molecule has 1 amide bonds. The monoisotopic (exact) mass is 369 g/mol. The molecule has 1 heterocycles. The van der Waals surface area contributed by atoms with Gasteiger partial charge in [0.2, 0.25) is 0 Å². The van der Waals surface area contributed by atoms with Crippen LogP contribution >= 0.6 is 0 Å². The number of carbonyl (C=O) groups excluding carboxylic acids is 2. The standard InChI is InChI=1S/C17H23NO6S/c1-12(2)9-18(14-6-7-25(22,23)11-14)16(20)10-24-17(21)13-4-3-5-15(19)8-13/h3-5,8,12,14,19H,6-7,9-11H2,1-2H3/t14-/m0/s1. The zero-order valence-electron chi connectivity index (χ0n) is 14.3. The molecule has 1 aliphatic rings. The predicted octanol–water partition coefficient (Wildman–Crippen LogP) is 1.22. The van der Waals surface area contributed by atoms with Gasteiger partial charge >= 0.3 is 5.97 Å². The van der Waals surface area contributed by atoms with E-state index in [9.17, 15) is 23.1 Å². The Balaban J connectivity index is 2.01. The van der Waals surface area contributed by atoms with Crippen LogP contribution in [0.3, 0.4) is 0 Å². The van der Waals surface area contributed by atoms with E-state index in [-0.39, 0.29) is 34.8 Å². The zero-order chi connectivity index (χ0) is 18.6. The maximum Gasteiger partial charge on any atom is 0.338 e. The third kappa shape index (κ3) is 5.45. The fourth-order valence-corrected chi connectivity index (χ4v) is 4.53. The molecule has 1 N–H and O–H groups in total. The van der Waals surface area contributed by atoms with E-state index in [1.807, 2.05) is 13.8 Å². The van der Waals surface area contributed by atoms with Crippen molar-refractivity contribution >= 4 is 21.7 Å². The van der Waals surface area contributed by atoms with Crippen molar-refractivity contribution in [1.82, 2.24) is 4.90 Å². The lowest BCUT2D eigenvalue weighted by molar-refractivity contribution is -0.137. The molecule has 2 rings (SSSR count). The molecule has 1 fully saturated rings. The van der Waals surface area contributed by atoms with Gasteiger partial charge in [0, 0.05) is 12.6 Å². The Hall–Kier alpha value is -2.09. The van der Waals surface area contributed by atoms with Crippen molar-refractivity contribution in [2.24, 2.45) is 5.92 Å². The summed E-state index contributed by atoms with van der Waals surface area (Å²) in [5.74, 6) is -1.02. The van der Waals surface area contributed by atoms with Gasteiger partial charge < -0.3 is 14.7 Å². The van der Waals surface area contributed by atoms with E-state index >= 15 is 0 Å². The predicted molar refractivity (Wildman–Crippen MR) is 92.0 cm³/mol. The lowest BCUT2D eigenvalue weighted by Crippen LogP contribution is -2.45. The minimum absolute atomic E-state index is 0.0496. The maximum absolute atomic E-state index is 12.5. The van der Waals surface area contributed by atoms with E-state index in [2.05, 4.69) is 0 Å². The summed E-state index contributed by atoms with van der Waals surface area (Å²) in [4.78, 5) is 26.0. The van der Waals surface area contributed by atoms with Crippen LogP contribution in [0.4, 0.5) is 0 Å². The number of hydrogen-bond acceptors (Lipinski definition) is 6. The molecule has 8 heteroatoms. The summed E-state index contributed by atoms with van der Waals surface area (Å²) in [5, 5.41) is 9.38. The molecule has 1 aromatic carbocycles. The number of amides is 1. The molecule has 1 aromatic rings. The minimum atomic E-state index is -3.12. The molecular weight excluding hydrogens is 346 g/mol. The molecule has 0 bridgehead atoms. The number of esters is 1. The molecule has 1 aliphatic heterocycles. The van der Waals surface area contributed by atoms with E-state index in [0.717, 1.165) is 0 Å². The van der Waals surface area contributed by atoms with Crippen LogP contribution in [-0.2, 0) is 19.4 Å². The van der Waals surface area contributed by atoms with Gasteiger partial charge in [-0.1, -0.05) is 19.9 Å². The van der Waals surface area contributed by atoms with E-state index in [1.165, 1.54) is 29.2 Å². The highest BCUT2D eigenvalue weighted by Gasteiger charge is 2.35. The van der Waals surface area contributed by atoms with E-state index in [4.69, 9.17) is 4.74 Å². The molecule has 1 saturated heterocycles. The van der Waals surface area contributed by atoms with Gasteiger partial charge in [0.15, 0.2) is 16.4 Å². The van der Waals surface area contributed by atoms with Gasteiger partial charge in [-0.3, -0.25) is 4.79 Å². The fraction of sp³-hybridized carbons (Fsp3) is 0.529. The number of nitrogens with zero attached hydrogens (tertiary/aromatic N) is 1. The second kappa shape index (κ2) is 7.86. The molecule has 25 heavy (non-hydrogen) atoms. The second-order valence-electron chi connectivity index (χ2n) is 6.62. The van der Waals surface area contributed by atoms with Crippen molar-refractivity contribution in [3.05, 3.63) is 29.8 Å². The summed E-state index contributed by atoms with van der Waals surface area (Å²) in [6.45, 7) is 3.81. The number of phenols is 1. The number of hydrogen-bond donors (Lipinski definition) is 1. The summed E-state index contributed by atoms with van der Waals surface area (Å²) in [6, 6.07) is 5.28. The van der Waals surface area contributed by atoms with Crippen molar-refractivity contribution in [2.75, 3.05) is 24.7 Å². The van der Waals surface area contributed by atoms with Crippen LogP contribution in [0.5, 0.6) is 5.75 Å². The molecular formula is C17H23NO6S. The van der Waals surface area contributed by atoms with Crippen molar-refractivity contribution in [3.63, 3.8) is 0 Å². The first-order valence-corrected chi connectivity index (χ1v) is 9.96. The first-order chi connectivity index (χ1) is 11.7. The van der Waals surface area contributed by atoms with Gasteiger partial charge in [0.25, 0.3) is 5.91 Å². The lowest BCUT2D eigenvalue weighted by atomic mass is 10.1. The van der Waals surface area contributed by atoms with Crippen LogP contribution in [-0.4, -0.2) is 61.0 Å². The van der Waals surface area contributed by atoms with Crippen LogP contribution in [0.1, 0.15) is 30.6 Å². The van der Waals surface area contributed by atoms with E-state index in [0.29, 0.717) is 13.0 Å². The van der Waals surface area contributed by atoms with Gasteiger partial charge in [-0.2, -0.15) is 0 Å². The van der Waals surface area contributed by atoms with Gasteiger partial charge in [-0.15, -0.1) is 0 Å². The molecule has 0 radical (unpaired) electrons. The Morgan fingerprint density at radius 1 is 1.36 bits per heavy atom. The maximum atomic E-state index is 12.5. The molecule has 0 unspecified atom stereocenters. The number of phenolic OH excluding ortho intramolecular Hbond substituents is 1. The number of rotatable bonds is 6. The van der Waals surface area contributed by atoms with Crippen LogP contribution in [0.2, 0.25) is 0 Å². The molecule has 1 atom stereocenters. The lowest BCUT2D eigenvalue weighted by Gasteiger charge is -2.29. The van der Waals surface area contributed by atoms with Crippen molar-refractivity contribution in [3.8, 4) is 5.75 Å². The van der Waals surface area contributed by atoms with E-state index in [1.54, 1.807) is 0 Å². The largest absolute Gasteiger partial charge is 0.508 e. The van der Waals surface area contributed by atoms with Gasteiger partial charge in [-0.25, -0.2) is 13.2 Å². The third-order valence-corrected chi connectivity index (χ3v) is 5.69. The summed E-state index contributed by atoms with van der Waals surface area (Å²) < 4.78 is 28.4. The van der Waals surface area contributed by atoms with Crippen molar-refractivity contribution < 1.29 is 27.9 Å². The molecule has 138 valence electrons. The Morgan fingerprint density at radius 2 is 2.08 bits per heavy atom. The van der Waals surface area contributed by atoms with Crippen LogP contribution < -0.4 is 0 Å². The molecule has 7 nitrogen and oxygen atoms in total. The van der Waals surface area contributed by atoms with E-state index < -0.39 is 28.3 Å². The summed E-state index contributed by atoms with van der Waals surface area (Å²) in [5.41, 5.74) is 0.145. The summed E-state index contributed by atoms with van der Waals surface area (Å²) in [6.07, 6.45) is 0.404. The number of aromatic hydroxyl groups is 1. The number of benzene rings is 1. The Labute approximate surface area is 147 Å². The Bertz CT molecular complexity index is 743. The number of sulfone groups is 1. The smallest absolute Gasteiger partial charge is 0.338 e. The Kier molecular flexibility index (Phi) is 6.05. The highest BCUT2D eigenvalue weighted by molar-refractivity contribution is 7.91. The van der Waals surface area contributed by atoms with Crippen LogP contribution in [0, 0.1) is 5.92 Å². The molecule has 0 spiro atoms. The van der Waals surface area contributed by atoms with Gasteiger partial charge in [0.1, 0.15) is 5.75 Å². The summed E-state index contributed by atoms with van der Waals surface area (Å²) >= 11 is 0. The average molecular weight is 369 g/mol. The van der Waals surface area contributed by atoms with Crippen LogP contribution in [0.25, 0.3) is 0 Å². The highest BCUT2D eigenvalue weighted by atomic mass is 32.2.